The van der Waals surface area contributed by atoms with E-state index in [9.17, 15) is 8.78 Å². The van der Waals surface area contributed by atoms with Crippen LogP contribution in [0.5, 0.6) is 5.75 Å². The molecule has 1 aromatic rings. The van der Waals surface area contributed by atoms with Gasteiger partial charge in [-0.25, -0.2) is 0 Å². The fourth-order valence-electron chi connectivity index (χ4n) is 1.14. The predicted molar refractivity (Wildman–Crippen MR) is 53.3 cm³/mol. The van der Waals surface area contributed by atoms with Gasteiger partial charge in [0.25, 0.3) is 0 Å². The van der Waals surface area contributed by atoms with Crippen molar-refractivity contribution in [3.05, 3.63) is 35.7 Å². The van der Waals surface area contributed by atoms with Crippen molar-refractivity contribution in [2.75, 3.05) is 6.61 Å². The first kappa shape index (κ1) is 12.2. The van der Waals surface area contributed by atoms with Gasteiger partial charge in [0, 0.05) is 16.5 Å². The molecule has 15 heavy (non-hydrogen) atoms. The van der Waals surface area contributed by atoms with E-state index in [-0.39, 0.29) is 12.4 Å². The highest BCUT2D eigenvalue weighted by Crippen LogP contribution is 2.30. The number of hydrogen-bond donors (Lipinski definition) is 1. The molecule has 0 saturated heterocycles. The van der Waals surface area contributed by atoms with E-state index in [0.29, 0.717) is 10.6 Å². The van der Waals surface area contributed by atoms with Gasteiger partial charge in [-0.1, -0.05) is 11.6 Å². The second kappa shape index (κ2) is 5.28. The number of halogens is 3. The molecule has 1 atom stereocenters. The van der Waals surface area contributed by atoms with E-state index in [0.717, 1.165) is 0 Å². The van der Waals surface area contributed by atoms with Gasteiger partial charge in [-0.05, 0) is 25.1 Å². The predicted octanol–water partition coefficient (Wildman–Crippen LogP) is 2.85. The number of alkyl halides is 2. The molecule has 0 aromatic heterocycles. The third kappa shape index (κ3) is 3.32. The molecule has 1 unspecified atom stereocenters. The number of ether oxygens (including phenoxy) is 1. The van der Waals surface area contributed by atoms with E-state index in [4.69, 9.17) is 16.7 Å². The van der Waals surface area contributed by atoms with Crippen molar-refractivity contribution in [3.63, 3.8) is 0 Å². The second-order valence-electron chi connectivity index (χ2n) is 2.94. The SMILES string of the molecule is [CH2]C(CO)c1cc(Cl)ccc1OC(F)F. The van der Waals surface area contributed by atoms with Crippen molar-refractivity contribution in [3.8, 4) is 5.75 Å². The quantitative estimate of drug-likeness (QED) is 0.870. The normalized spacial score (nSPS) is 12.9. The molecule has 1 rings (SSSR count). The largest absolute Gasteiger partial charge is 0.435 e. The number of aliphatic hydroxyl groups excluding tert-OH is 1. The van der Waals surface area contributed by atoms with Crippen LogP contribution in [0.1, 0.15) is 11.5 Å². The Balaban J connectivity index is 3.02. The molecular weight excluding hydrogens is 226 g/mol. The molecule has 0 heterocycles. The lowest BCUT2D eigenvalue weighted by Gasteiger charge is -2.14. The average Bonchev–Trinajstić information content (AvgIpc) is 2.19. The van der Waals surface area contributed by atoms with Gasteiger partial charge in [-0.15, -0.1) is 0 Å². The van der Waals surface area contributed by atoms with Crippen LogP contribution in [-0.2, 0) is 0 Å². The molecule has 1 aromatic carbocycles. The second-order valence-corrected chi connectivity index (χ2v) is 3.38. The maximum absolute atomic E-state index is 12.0. The highest BCUT2D eigenvalue weighted by Gasteiger charge is 2.14. The summed E-state index contributed by atoms with van der Waals surface area (Å²) >= 11 is 5.70. The Morgan fingerprint density at radius 1 is 1.47 bits per heavy atom. The molecule has 83 valence electrons. The van der Waals surface area contributed by atoms with Crippen molar-refractivity contribution in [1.82, 2.24) is 0 Å². The maximum atomic E-state index is 12.0. The summed E-state index contributed by atoms with van der Waals surface area (Å²) in [6, 6.07) is 4.22. The van der Waals surface area contributed by atoms with E-state index in [1.807, 2.05) is 0 Å². The Morgan fingerprint density at radius 3 is 2.67 bits per heavy atom. The minimum atomic E-state index is -2.91. The smallest absolute Gasteiger partial charge is 0.387 e. The number of benzene rings is 1. The number of rotatable bonds is 4. The fourth-order valence-corrected chi connectivity index (χ4v) is 1.32. The Hall–Kier alpha value is -0.870. The van der Waals surface area contributed by atoms with Crippen LogP contribution in [0.25, 0.3) is 0 Å². The van der Waals surface area contributed by atoms with Gasteiger partial charge >= 0.3 is 6.61 Å². The summed E-state index contributed by atoms with van der Waals surface area (Å²) in [7, 11) is 0. The summed E-state index contributed by atoms with van der Waals surface area (Å²) in [4.78, 5) is 0. The summed E-state index contributed by atoms with van der Waals surface area (Å²) in [6.45, 7) is 0.432. The Morgan fingerprint density at radius 2 is 2.13 bits per heavy atom. The van der Waals surface area contributed by atoms with Gasteiger partial charge in [-0.2, -0.15) is 8.78 Å². The minimum absolute atomic E-state index is 0.0107. The zero-order valence-electron chi connectivity index (χ0n) is 7.79. The standard InChI is InChI=1S/C10H10ClF2O2/c1-6(5-14)8-4-7(11)2-3-9(8)15-10(12)13/h2-4,6,10,14H,1,5H2. The van der Waals surface area contributed by atoms with Crippen LogP contribution in [-0.4, -0.2) is 18.3 Å². The molecule has 0 amide bonds. The summed E-state index contributed by atoms with van der Waals surface area (Å²) in [5.74, 6) is -0.555. The number of hydrogen-bond acceptors (Lipinski definition) is 2. The van der Waals surface area contributed by atoms with Gasteiger partial charge in [0.15, 0.2) is 0 Å². The molecule has 2 nitrogen and oxygen atoms in total. The van der Waals surface area contributed by atoms with Crippen molar-refractivity contribution >= 4 is 11.6 Å². The Kier molecular flexibility index (Phi) is 4.29. The zero-order valence-corrected chi connectivity index (χ0v) is 8.55. The van der Waals surface area contributed by atoms with Crippen molar-refractivity contribution in [2.45, 2.75) is 12.5 Å². The molecule has 1 radical (unpaired) electrons. The van der Waals surface area contributed by atoms with Gasteiger partial charge in [0.2, 0.25) is 0 Å². The maximum Gasteiger partial charge on any atom is 0.387 e. The third-order valence-electron chi connectivity index (χ3n) is 1.85. The van der Waals surface area contributed by atoms with Gasteiger partial charge < -0.3 is 9.84 Å². The topological polar surface area (TPSA) is 29.5 Å². The molecular formula is C10H10ClF2O2. The van der Waals surface area contributed by atoms with Gasteiger partial charge in [0.1, 0.15) is 5.75 Å². The van der Waals surface area contributed by atoms with E-state index >= 15 is 0 Å². The summed E-state index contributed by atoms with van der Waals surface area (Å²) in [6.07, 6.45) is 0. The molecule has 0 bridgehead atoms. The minimum Gasteiger partial charge on any atom is -0.435 e. The molecule has 0 aliphatic heterocycles. The summed E-state index contributed by atoms with van der Waals surface area (Å²) in [5, 5.41) is 9.27. The molecule has 0 spiro atoms. The molecule has 0 aliphatic rings. The lowest BCUT2D eigenvalue weighted by atomic mass is 10.0. The lowest BCUT2D eigenvalue weighted by molar-refractivity contribution is -0.0506. The van der Waals surface area contributed by atoms with Crippen molar-refractivity contribution in [1.29, 1.82) is 0 Å². The van der Waals surface area contributed by atoms with Crippen LogP contribution < -0.4 is 4.74 Å². The van der Waals surface area contributed by atoms with E-state index in [2.05, 4.69) is 11.7 Å². The van der Waals surface area contributed by atoms with Crippen LogP contribution >= 0.6 is 11.6 Å². The van der Waals surface area contributed by atoms with Gasteiger partial charge in [0.05, 0.1) is 6.61 Å². The highest BCUT2D eigenvalue weighted by molar-refractivity contribution is 6.30. The number of aliphatic hydroxyl groups is 1. The van der Waals surface area contributed by atoms with Crippen LogP contribution in [0.15, 0.2) is 18.2 Å². The van der Waals surface area contributed by atoms with Crippen LogP contribution in [0.4, 0.5) is 8.78 Å². The van der Waals surface area contributed by atoms with E-state index < -0.39 is 12.5 Å². The van der Waals surface area contributed by atoms with Crippen LogP contribution in [0, 0.1) is 6.92 Å². The van der Waals surface area contributed by atoms with E-state index in [1.54, 1.807) is 0 Å². The first-order chi connectivity index (χ1) is 7.04. The fraction of sp³-hybridized carbons (Fsp3) is 0.300. The Bertz CT molecular complexity index is 331. The Labute approximate surface area is 91.4 Å². The van der Waals surface area contributed by atoms with E-state index in [1.165, 1.54) is 18.2 Å². The lowest BCUT2D eigenvalue weighted by Crippen LogP contribution is -2.07. The first-order valence-electron chi connectivity index (χ1n) is 4.22. The molecule has 0 aliphatic carbocycles. The van der Waals surface area contributed by atoms with Crippen molar-refractivity contribution in [2.24, 2.45) is 0 Å². The van der Waals surface area contributed by atoms with Crippen molar-refractivity contribution < 1.29 is 18.6 Å². The molecule has 0 fully saturated rings. The zero-order chi connectivity index (χ0) is 11.4. The summed E-state index contributed by atoms with van der Waals surface area (Å²) < 4.78 is 28.3. The monoisotopic (exact) mass is 235 g/mol. The van der Waals surface area contributed by atoms with Crippen LogP contribution in [0.2, 0.25) is 5.02 Å². The molecule has 1 N–H and O–H groups in total. The highest BCUT2D eigenvalue weighted by atomic mass is 35.5. The van der Waals surface area contributed by atoms with Gasteiger partial charge in [-0.3, -0.25) is 0 Å². The summed E-state index contributed by atoms with van der Waals surface area (Å²) in [5.41, 5.74) is 0.366. The third-order valence-corrected chi connectivity index (χ3v) is 2.08. The molecule has 5 heteroatoms. The molecule has 0 saturated carbocycles. The first-order valence-corrected chi connectivity index (χ1v) is 4.60. The average molecular weight is 236 g/mol. The van der Waals surface area contributed by atoms with Crippen LogP contribution in [0.3, 0.4) is 0 Å².